The van der Waals surface area contributed by atoms with Gasteiger partial charge >= 0.3 is 12.2 Å². The molecule has 4 fully saturated rings. The number of nitrogens with one attached hydrogen (secondary N) is 2. The van der Waals surface area contributed by atoms with Crippen LogP contribution in [0.1, 0.15) is 6.92 Å². The number of amides is 3. The molecule has 2 aromatic rings. The van der Waals surface area contributed by atoms with Gasteiger partial charge in [-0.3, -0.25) is 23.6 Å². The van der Waals surface area contributed by atoms with E-state index in [1.165, 1.54) is 6.92 Å². The van der Waals surface area contributed by atoms with E-state index in [0.717, 1.165) is 35.8 Å². The van der Waals surface area contributed by atoms with E-state index in [-0.39, 0.29) is 36.6 Å². The second-order valence-electron chi connectivity index (χ2n) is 11.5. The molecule has 4 aliphatic rings. The minimum Gasteiger partial charge on any atom is -0.443 e. The van der Waals surface area contributed by atoms with Gasteiger partial charge in [0.2, 0.25) is 5.91 Å². The summed E-state index contributed by atoms with van der Waals surface area (Å²) in [5.74, 6) is 2.07. The minimum atomic E-state index is -2.38. The highest BCUT2D eigenvalue weighted by Gasteiger charge is 2.33. The number of hydrogen-bond acceptors (Lipinski definition) is 11. The number of halogens is 1. The first-order chi connectivity index (χ1) is 22.0. The zero-order valence-corrected chi connectivity index (χ0v) is 28.7. The van der Waals surface area contributed by atoms with E-state index in [1.807, 2.05) is 48.5 Å². The second-order valence-corrected chi connectivity index (χ2v) is 15.6. The molecule has 47 heavy (non-hydrogen) atoms. The van der Waals surface area contributed by atoms with Crippen LogP contribution >= 0.6 is 12.4 Å². The topological polar surface area (TPSA) is 179 Å². The van der Waals surface area contributed by atoms with Gasteiger partial charge in [0.05, 0.1) is 19.6 Å². The van der Waals surface area contributed by atoms with Gasteiger partial charge in [-0.1, -0.05) is 0 Å². The average Bonchev–Trinajstić information content (AvgIpc) is 3.62. The van der Waals surface area contributed by atoms with Gasteiger partial charge in [0.25, 0.3) is 0 Å². The van der Waals surface area contributed by atoms with Gasteiger partial charge in [-0.05, 0) is 48.5 Å². The first-order valence-corrected chi connectivity index (χ1v) is 18.6. The lowest BCUT2D eigenvalue weighted by Crippen LogP contribution is -2.39. The molecule has 0 spiro atoms. The molecule has 3 amide bonds. The molecule has 258 valence electrons. The Balaban J connectivity index is 0.000000209. The van der Waals surface area contributed by atoms with Crippen molar-refractivity contribution in [2.75, 3.05) is 95.0 Å². The third-order valence-electron chi connectivity index (χ3n) is 8.20. The second kappa shape index (κ2) is 16.0. The minimum absolute atomic E-state index is 0. The van der Waals surface area contributed by atoms with Crippen molar-refractivity contribution >= 4 is 73.8 Å². The highest BCUT2D eigenvalue weighted by atomic mass is 35.5. The molecule has 0 aliphatic carbocycles. The first kappa shape index (κ1) is 36.2. The number of ether oxygens (including phenoxy) is 2. The molecule has 4 N–H and O–H groups in total. The van der Waals surface area contributed by atoms with Crippen molar-refractivity contribution in [2.24, 2.45) is 5.73 Å². The van der Waals surface area contributed by atoms with E-state index in [4.69, 9.17) is 20.0 Å². The number of carbonyl (C=O) groups is 3. The third-order valence-corrected chi connectivity index (χ3v) is 11.2. The van der Waals surface area contributed by atoms with E-state index in [0.29, 0.717) is 62.3 Å². The van der Waals surface area contributed by atoms with Crippen LogP contribution in [0.3, 0.4) is 0 Å². The van der Waals surface area contributed by atoms with Gasteiger partial charge in [-0.25, -0.2) is 13.8 Å². The average molecular weight is 712 g/mol. The summed E-state index contributed by atoms with van der Waals surface area (Å²) in [6.07, 6.45) is -1.35. The van der Waals surface area contributed by atoms with Crippen LogP contribution in [-0.4, -0.2) is 114 Å². The summed E-state index contributed by atoms with van der Waals surface area (Å²) in [7, 11) is -3.08. The molecule has 0 aromatic heterocycles. The predicted octanol–water partition coefficient (Wildman–Crippen LogP) is 1.98. The van der Waals surface area contributed by atoms with Crippen LogP contribution in [0.25, 0.3) is 0 Å². The smallest absolute Gasteiger partial charge is 0.414 e. The zero-order chi connectivity index (χ0) is 32.8. The number of nitrogens with two attached hydrogens (primary N) is 1. The number of nitrogens with zero attached hydrogens (tertiary/aromatic N) is 4. The SMILES string of the molecule is CC(=O)NC[C@H]1CN(c2ccc(N3CCS(=O)CC3)cc2)C(=O)O1.Cl.N=S1(=O)CCN(c2ccc(N3C[C@H](CN)OC3=O)cc2)CC1. The molecule has 6 rings (SSSR count). The maximum Gasteiger partial charge on any atom is 0.414 e. The van der Waals surface area contributed by atoms with Crippen LogP contribution in [0.4, 0.5) is 32.3 Å². The Bertz CT molecular complexity index is 1520. The van der Waals surface area contributed by atoms with Gasteiger partial charge in [-0.15, -0.1) is 12.4 Å². The summed E-state index contributed by atoms with van der Waals surface area (Å²) in [4.78, 5) is 42.2. The monoisotopic (exact) mass is 711 g/mol. The molecular formula is C30H42ClN7O7S2. The molecule has 4 aliphatic heterocycles. The highest BCUT2D eigenvalue weighted by molar-refractivity contribution is 7.92. The maximum absolute atomic E-state index is 12.0. The Morgan fingerprint density at radius 1 is 0.851 bits per heavy atom. The van der Waals surface area contributed by atoms with Crippen LogP contribution in [0, 0.1) is 4.78 Å². The Kier molecular flexibility index (Phi) is 12.3. The summed E-state index contributed by atoms with van der Waals surface area (Å²) in [6.45, 7) is 5.79. The van der Waals surface area contributed by atoms with Crippen LogP contribution in [0.5, 0.6) is 0 Å². The van der Waals surface area contributed by atoms with E-state index in [2.05, 4.69) is 15.1 Å². The van der Waals surface area contributed by atoms with Crippen LogP contribution in [0.2, 0.25) is 0 Å². The Morgan fingerprint density at radius 3 is 1.72 bits per heavy atom. The number of carbonyl (C=O) groups excluding carboxylic acids is 3. The lowest BCUT2D eigenvalue weighted by Gasteiger charge is -2.30. The van der Waals surface area contributed by atoms with Crippen molar-refractivity contribution in [3.63, 3.8) is 0 Å². The standard InChI is InChI=1S/C16H21N3O4S.C14H20N4O3S.ClH/c1-12(20)17-10-15-11-19(16(21)23-15)14-4-2-13(3-5-14)18-6-8-24(22)9-7-18;15-9-13-10-18(14(19)21-13)12-3-1-11(2-4-12)17-5-7-22(16,20)8-6-17;/h2-5,15H,6-11H2,1H3,(H,17,20);1-4,13,16H,5-10,15H2;1H/t15-;13-;/m00./s1. The van der Waals surface area contributed by atoms with Crippen LogP contribution in [0.15, 0.2) is 48.5 Å². The van der Waals surface area contributed by atoms with Gasteiger partial charge in [0, 0.05) is 106 Å². The van der Waals surface area contributed by atoms with Gasteiger partial charge in [0.15, 0.2) is 0 Å². The fourth-order valence-corrected chi connectivity index (χ4v) is 7.81. The van der Waals surface area contributed by atoms with Crippen molar-refractivity contribution in [2.45, 2.75) is 19.1 Å². The van der Waals surface area contributed by atoms with E-state index >= 15 is 0 Å². The molecule has 2 atom stereocenters. The molecule has 4 saturated heterocycles. The molecule has 0 unspecified atom stereocenters. The van der Waals surface area contributed by atoms with E-state index in [1.54, 1.807) is 9.80 Å². The molecule has 0 bridgehead atoms. The number of hydrogen-bond donors (Lipinski definition) is 3. The molecular weight excluding hydrogens is 670 g/mol. The zero-order valence-electron chi connectivity index (χ0n) is 26.2. The number of rotatable bonds is 7. The Labute approximate surface area is 283 Å². The summed E-state index contributed by atoms with van der Waals surface area (Å²) in [5.41, 5.74) is 9.17. The van der Waals surface area contributed by atoms with E-state index in [9.17, 15) is 22.8 Å². The largest absolute Gasteiger partial charge is 0.443 e. The number of benzene rings is 2. The fourth-order valence-electron chi connectivity index (χ4n) is 5.52. The predicted molar refractivity (Wildman–Crippen MR) is 186 cm³/mol. The van der Waals surface area contributed by atoms with Gasteiger partial charge < -0.3 is 30.3 Å². The molecule has 0 saturated carbocycles. The highest BCUT2D eigenvalue weighted by Crippen LogP contribution is 2.27. The van der Waals surface area contributed by atoms with Crippen LogP contribution in [-0.2, 0) is 34.8 Å². The van der Waals surface area contributed by atoms with Gasteiger partial charge in [0.1, 0.15) is 12.2 Å². The summed E-state index contributed by atoms with van der Waals surface area (Å²) in [5, 5.41) is 2.66. The van der Waals surface area contributed by atoms with Crippen molar-refractivity contribution in [3.05, 3.63) is 48.5 Å². The quantitative estimate of drug-likeness (QED) is 0.385. The lowest BCUT2D eigenvalue weighted by molar-refractivity contribution is -0.119. The maximum atomic E-state index is 12.0. The molecule has 4 heterocycles. The molecule has 17 heteroatoms. The third kappa shape index (κ3) is 9.49. The molecule has 0 radical (unpaired) electrons. The molecule has 14 nitrogen and oxygen atoms in total. The normalized spacial score (nSPS) is 22.5. The van der Waals surface area contributed by atoms with Crippen molar-refractivity contribution in [3.8, 4) is 0 Å². The number of anilines is 4. The van der Waals surface area contributed by atoms with Crippen molar-refractivity contribution in [1.82, 2.24) is 5.32 Å². The van der Waals surface area contributed by atoms with E-state index < -0.39 is 26.6 Å². The molecule has 2 aromatic carbocycles. The summed E-state index contributed by atoms with van der Waals surface area (Å²) in [6, 6.07) is 15.4. The Morgan fingerprint density at radius 2 is 1.28 bits per heavy atom. The summed E-state index contributed by atoms with van der Waals surface area (Å²) >= 11 is 0. The first-order valence-electron chi connectivity index (χ1n) is 15.2. The van der Waals surface area contributed by atoms with Crippen molar-refractivity contribution in [1.29, 1.82) is 4.78 Å². The fraction of sp³-hybridized carbons (Fsp3) is 0.500. The number of cyclic esters (lactones) is 2. The van der Waals surface area contributed by atoms with Crippen LogP contribution < -0.4 is 30.7 Å². The Hall–Kier alpha value is -3.60. The lowest BCUT2D eigenvalue weighted by atomic mass is 10.2. The van der Waals surface area contributed by atoms with Gasteiger partial charge in [-0.2, -0.15) is 0 Å². The summed E-state index contributed by atoms with van der Waals surface area (Å²) < 4.78 is 41.1. The van der Waals surface area contributed by atoms with Crippen molar-refractivity contribution < 1.29 is 32.3 Å².